The quantitative estimate of drug-likeness (QED) is 0.207. The second kappa shape index (κ2) is 12.7. The molecule has 0 aromatic heterocycles. The number of anilines is 2. The molecule has 0 aliphatic rings. The second-order valence-corrected chi connectivity index (χ2v) is 10.5. The summed E-state index contributed by atoms with van der Waals surface area (Å²) in [6, 6.07) is 28.5. The lowest BCUT2D eigenvalue weighted by molar-refractivity contribution is -0.384. The zero-order chi connectivity index (χ0) is 28.5. The Bertz CT molecular complexity index is 1610. The van der Waals surface area contributed by atoms with E-state index in [9.17, 15) is 28.1 Å². The Hall–Kier alpha value is -5.03. The number of nitro benzene ring substituents is 1. The summed E-state index contributed by atoms with van der Waals surface area (Å²) >= 11 is 0. The number of rotatable bonds is 11. The number of hydrogen-bond acceptors (Lipinski definition) is 6. The van der Waals surface area contributed by atoms with Crippen molar-refractivity contribution in [1.82, 2.24) is 5.32 Å². The van der Waals surface area contributed by atoms with Gasteiger partial charge in [-0.25, -0.2) is 8.42 Å². The van der Waals surface area contributed by atoms with Crippen molar-refractivity contribution in [3.8, 4) is 0 Å². The Labute approximate surface area is 231 Å². The van der Waals surface area contributed by atoms with Crippen LogP contribution in [0.4, 0.5) is 17.1 Å². The molecular weight excluding hydrogens is 532 g/mol. The third-order valence-corrected chi connectivity index (χ3v) is 7.72. The van der Waals surface area contributed by atoms with Gasteiger partial charge in [0.2, 0.25) is 5.91 Å². The van der Waals surface area contributed by atoms with Gasteiger partial charge in [0, 0.05) is 18.7 Å². The number of sulfonamides is 1. The van der Waals surface area contributed by atoms with Crippen LogP contribution in [0.2, 0.25) is 0 Å². The predicted octanol–water partition coefficient (Wildman–Crippen LogP) is 4.40. The molecule has 204 valence electrons. The number of hydrogen-bond donors (Lipinski definition) is 2. The molecule has 0 atom stereocenters. The summed E-state index contributed by atoms with van der Waals surface area (Å²) < 4.78 is 27.8. The zero-order valence-electron chi connectivity index (χ0n) is 21.3. The van der Waals surface area contributed by atoms with Gasteiger partial charge in [0.15, 0.2) is 0 Å². The van der Waals surface area contributed by atoms with Crippen molar-refractivity contribution in [1.29, 1.82) is 0 Å². The molecule has 0 radical (unpaired) electrons. The molecule has 4 rings (SSSR count). The Morgan fingerprint density at radius 2 is 1.48 bits per heavy atom. The number of carbonyl (C=O) groups excluding carboxylic acids is 2. The van der Waals surface area contributed by atoms with Gasteiger partial charge in [0.1, 0.15) is 6.54 Å². The van der Waals surface area contributed by atoms with Crippen molar-refractivity contribution >= 4 is 38.9 Å². The number of benzene rings is 4. The minimum atomic E-state index is -4.28. The number of nitro groups is 1. The molecule has 4 aromatic carbocycles. The lowest BCUT2D eigenvalue weighted by Crippen LogP contribution is -2.38. The standard InChI is InChI=1S/C29H26N4O6S/c34-28(31-27-17-8-7-16-26(27)29(35)30-19-18-22-10-3-1-4-11-22)21-32(23-12-9-13-24(20-23)33(36)37)40(38,39)25-14-5-2-6-15-25/h1-17,20H,18-19,21H2,(H,30,35)(H,31,34). The average Bonchev–Trinajstić information content (AvgIpc) is 2.97. The van der Waals surface area contributed by atoms with E-state index in [0.717, 1.165) is 15.9 Å². The summed E-state index contributed by atoms with van der Waals surface area (Å²) in [5, 5.41) is 16.8. The van der Waals surface area contributed by atoms with Gasteiger partial charge in [-0.1, -0.05) is 66.7 Å². The molecule has 10 nitrogen and oxygen atoms in total. The highest BCUT2D eigenvalue weighted by molar-refractivity contribution is 7.92. The first-order valence-corrected chi connectivity index (χ1v) is 13.7. The largest absolute Gasteiger partial charge is 0.352 e. The lowest BCUT2D eigenvalue weighted by atomic mass is 10.1. The van der Waals surface area contributed by atoms with Gasteiger partial charge < -0.3 is 10.6 Å². The van der Waals surface area contributed by atoms with Gasteiger partial charge in [-0.05, 0) is 42.3 Å². The zero-order valence-corrected chi connectivity index (χ0v) is 22.1. The predicted molar refractivity (Wildman–Crippen MR) is 152 cm³/mol. The molecule has 0 heterocycles. The topological polar surface area (TPSA) is 139 Å². The molecule has 0 saturated carbocycles. The summed E-state index contributed by atoms with van der Waals surface area (Å²) in [6.45, 7) is -0.316. The maximum Gasteiger partial charge on any atom is 0.271 e. The third kappa shape index (κ3) is 6.88. The van der Waals surface area contributed by atoms with Crippen LogP contribution < -0.4 is 14.9 Å². The molecule has 0 fully saturated rings. The van der Waals surface area contributed by atoms with Crippen molar-refractivity contribution in [2.24, 2.45) is 0 Å². The molecule has 0 aliphatic carbocycles. The molecule has 2 N–H and O–H groups in total. The van der Waals surface area contributed by atoms with Crippen LogP contribution in [0.5, 0.6) is 0 Å². The average molecular weight is 559 g/mol. The molecule has 0 bridgehead atoms. The molecule has 0 saturated heterocycles. The van der Waals surface area contributed by atoms with Crippen LogP contribution in [-0.2, 0) is 21.2 Å². The number of nitrogens with zero attached hydrogens (tertiary/aromatic N) is 2. The molecule has 2 amide bonds. The second-order valence-electron chi connectivity index (χ2n) is 8.69. The summed E-state index contributed by atoms with van der Waals surface area (Å²) in [6.07, 6.45) is 0.622. The van der Waals surface area contributed by atoms with Gasteiger partial charge in [0.25, 0.3) is 21.6 Å². The van der Waals surface area contributed by atoms with Gasteiger partial charge in [-0.15, -0.1) is 0 Å². The van der Waals surface area contributed by atoms with E-state index in [2.05, 4.69) is 10.6 Å². The monoisotopic (exact) mass is 558 g/mol. The van der Waals surface area contributed by atoms with Crippen LogP contribution in [0.3, 0.4) is 0 Å². The van der Waals surface area contributed by atoms with Crippen molar-refractivity contribution in [2.45, 2.75) is 11.3 Å². The van der Waals surface area contributed by atoms with Crippen molar-refractivity contribution < 1.29 is 22.9 Å². The van der Waals surface area contributed by atoms with E-state index in [1.54, 1.807) is 24.3 Å². The normalized spacial score (nSPS) is 10.9. The lowest BCUT2D eigenvalue weighted by Gasteiger charge is -2.24. The highest BCUT2D eigenvalue weighted by Gasteiger charge is 2.28. The minimum absolute atomic E-state index is 0.0554. The van der Waals surface area contributed by atoms with Crippen LogP contribution in [0.1, 0.15) is 15.9 Å². The molecule has 0 unspecified atom stereocenters. The van der Waals surface area contributed by atoms with Crippen LogP contribution in [-0.4, -0.2) is 38.2 Å². The van der Waals surface area contributed by atoms with Gasteiger partial charge >= 0.3 is 0 Å². The van der Waals surface area contributed by atoms with Crippen molar-refractivity contribution in [3.05, 3.63) is 130 Å². The Balaban J connectivity index is 1.55. The van der Waals surface area contributed by atoms with E-state index < -0.39 is 33.3 Å². The van der Waals surface area contributed by atoms with E-state index in [1.165, 1.54) is 48.5 Å². The number of nitrogens with one attached hydrogen (secondary N) is 2. The van der Waals surface area contributed by atoms with Crippen LogP contribution in [0.15, 0.2) is 114 Å². The van der Waals surface area contributed by atoms with Crippen LogP contribution in [0.25, 0.3) is 0 Å². The van der Waals surface area contributed by atoms with Crippen LogP contribution in [0, 0.1) is 10.1 Å². The summed E-state index contributed by atoms with van der Waals surface area (Å²) in [7, 11) is -4.28. The summed E-state index contributed by atoms with van der Waals surface area (Å²) in [5.74, 6) is -1.14. The van der Waals surface area contributed by atoms with Gasteiger partial charge in [-0.2, -0.15) is 0 Å². The highest BCUT2D eigenvalue weighted by Crippen LogP contribution is 2.27. The first kappa shape index (κ1) is 28.0. The maximum absolute atomic E-state index is 13.5. The molecule has 4 aromatic rings. The van der Waals surface area contributed by atoms with Crippen molar-refractivity contribution in [3.63, 3.8) is 0 Å². The Kier molecular flexibility index (Phi) is 8.87. The van der Waals surface area contributed by atoms with E-state index in [0.29, 0.717) is 13.0 Å². The highest BCUT2D eigenvalue weighted by atomic mass is 32.2. The van der Waals surface area contributed by atoms with E-state index >= 15 is 0 Å². The number of non-ortho nitro benzene ring substituents is 1. The Morgan fingerprint density at radius 1 is 0.825 bits per heavy atom. The Morgan fingerprint density at radius 3 is 2.17 bits per heavy atom. The fourth-order valence-corrected chi connectivity index (χ4v) is 5.40. The molecule has 0 spiro atoms. The molecule has 0 aliphatic heterocycles. The fourth-order valence-electron chi connectivity index (χ4n) is 3.97. The number of para-hydroxylation sites is 1. The molecular formula is C29H26N4O6S. The van der Waals surface area contributed by atoms with E-state index in [-0.39, 0.29) is 27.5 Å². The first-order chi connectivity index (χ1) is 19.3. The third-order valence-electron chi connectivity index (χ3n) is 5.93. The molecule has 11 heteroatoms. The fraction of sp³-hybridized carbons (Fsp3) is 0.103. The smallest absolute Gasteiger partial charge is 0.271 e. The summed E-state index contributed by atoms with van der Waals surface area (Å²) in [5.41, 5.74) is 1.08. The van der Waals surface area contributed by atoms with Gasteiger partial charge in [0.05, 0.1) is 26.8 Å². The number of carbonyl (C=O) groups is 2. The first-order valence-electron chi connectivity index (χ1n) is 12.3. The SMILES string of the molecule is O=C(CN(c1cccc([N+](=O)[O-])c1)S(=O)(=O)c1ccccc1)Nc1ccccc1C(=O)NCCc1ccccc1. The summed E-state index contributed by atoms with van der Waals surface area (Å²) in [4.78, 5) is 36.7. The van der Waals surface area contributed by atoms with Gasteiger partial charge in [-0.3, -0.25) is 24.0 Å². The maximum atomic E-state index is 13.5. The molecule has 40 heavy (non-hydrogen) atoms. The minimum Gasteiger partial charge on any atom is -0.352 e. The van der Waals surface area contributed by atoms with Crippen molar-refractivity contribution in [2.75, 3.05) is 22.7 Å². The van der Waals surface area contributed by atoms with E-state index in [1.807, 2.05) is 30.3 Å². The van der Waals surface area contributed by atoms with E-state index in [4.69, 9.17) is 0 Å². The number of amides is 2. The van der Waals surface area contributed by atoms with Crippen LogP contribution >= 0.6 is 0 Å².